The fourth-order valence-corrected chi connectivity index (χ4v) is 1.59. The molecule has 0 aliphatic heterocycles. The van der Waals surface area contributed by atoms with Crippen LogP contribution in [-0.4, -0.2) is 9.97 Å². The Bertz CT molecular complexity index is 604. The molecular formula is C13H12F3N3. The molecule has 2 aromatic rings. The first kappa shape index (κ1) is 13.3. The van der Waals surface area contributed by atoms with Crippen LogP contribution in [-0.2, 0) is 0 Å². The highest BCUT2D eigenvalue weighted by molar-refractivity contribution is 5.62. The Balaban J connectivity index is 2.59. The molecule has 0 aliphatic rings. The van der Waals surface area contributed by atoms with Crippen LogP contribution in [0.25, 0.3) is 11.3 Å². The number of anilines is 1. The minimum Gasteiger partial charge on any atom is -0.384 e. The molecule has 1 aromatic carbocycles. The predicted molar refractivity (Wildman–Crippen MR) is 65.8 cm³/mol. The van der Waals surface area contributed by atoms with Crippen LogP contribution in [0.5, 0.6) is 0 Å². The summed E-state index contributed by atoms with van der Waals surface area (Å²) in [6, 6.07) is 3.15. The van der Waals surface area contributed by atoms with Gasteiger partial charge >= 0.3 is 0 Å². The van der Waals surface area contributed by atoms with Gasteiger partial charge in [0.1, 0.15) is 11.6 Å². The lowest BCUT2D eigenvalue weighted by molar-refractivity contribution is 0.447. The van der Waals surface area contributed by atoms with E-state index < -0.39 is 17.5 Å². The molecule has 0 aliphatic carbocycles. The Morgan fingerprint density at radius 1 is 1.00 bits per heavy atom. The number of nitrogens with zero attached hydrogens (tertiary/aromatic N) is 2. The maximum absolute atomic E-state index is 13.2. The van der Waals surface area contributed by atoms with Crippen molar-refractivity contribution in [3.05, 3.63) is 41.5 Å². The van der Waals surface area contributed by atoms with Crippen LogP contribution < -0.4 is 5.73 Å². The van der Waals surface area contributed by atoms with E-state index in [9.17, 15) is 13.2 Å². The van der Waals surface area contributed by atoms with Crippen molar-refractivity contribution in [2.75, 3.05) is 5.73 Å². The third-order valence-electron chi connectivity index (χ3n) is 2.56. The Morgan fingerprint density at radius 3 is 2.11 bits per heavy atom. The Hall–Kier alpha value is -2.11. The third kappa shape index (κ3) is 2.67. The highest BCUT2D eigenvalue weighted by Crippen LogP contribution is 2.24. The topological polar surface area (TPSA) is 51.8 Å². The van der Waals surface area contributed by atoms with Crippen LogP contribution in [0.15, 0.2) is 18.2 Å². The number of rotatable bonds is 2. The van der Waals surface area contributed by atoms with Gasteiger partial charge in [0.2, 0.25) is 0 Å². The van der Waals surface area contributed by atoms with E-state index in [-0.39, 0.29) is 23.0 Å². The lowest BCUT2D eigenvalue weighted by Crippen LogP contribution is -2.03. The maximum Gasteiger partial charge on any atom is 0.194 e. The Kier molecular flexibility index (Phi) is 3.42. The van der Waals surface area contributed by atoms with Crippen molar-refractivity contribution < 1.29 is 13.2 Å². The van der Waals surface area contributed by atoms with E-state index in [0.29, 0.717) is 5.82 Å². The van der Waals surface area contributed by atoms with E-state index in [1.807, 2.05) is 13.8 Å². The zero-order chi connectivity index (χ0) is 14.2. The summed E-state index contributed by atoms with van der Waals surface area (Å²) < 4.78 is 39.3. The summed E-state index contributed by atoms with van der Waals surface area (Å²) in [5.74, 6) is -3.37. The Labute approximate surface area is 108 Å². The van der Waals surface area contributed by atoms with Crippen LogP contribution in [0.4, 0.5) is 19.0 Å². The Morgan fingerprint density at radius 2 is 1.58 bits per heavy atom. The first-order valence-electron chi connectivity index (χ1n) is 5.68. The predicted octanol–water partition coefficient (Wildman–Crippen LogP) is 3.27. The smallest absolute Gasteiger partial charge is 0.194 e. The molecule has 6 heteroatoms. The van der Waals surface area contributed by atoms with Crippen molar-refractivity contribution in [1.82, 2.24) is 9.97 Å². The molecular weight excluding hydrogens is 255 g/mol. The number of nitrogen functional groups attached to an aromatic ring is 1. The van der Waals surface area contributed by atoms with Gasteiger partial charge in [-0.05, 0) is 12.1 Å². The number of benzene rings is 1. The second kappa shape index (κ2) is 4.87. The van der Waals surface area contributed by atoms with Crippen molar-refractivity contribution >= 4 is 5.82 Å². The molecule has 1 heterocycles. The molecule has 19 heavy (non-hydrogen) atoms. The quantitative estimate of drug-likeness (QED) is 0.850. The second-order valence-corrected chi connectivity index (χ2v) is 4.44. The number of hydrogen-bond donors (Lipinski definition) is 1. The van der Waals surface area contributed by atoms with Crippen molar-refractivity contribution in [3.63, 3.8) is 0 Å². The molecule has 2 rings (SSSR count). The SMILES string of the molecule is CC(C)c1nc(N)cc(-c2cc(F)c(F)c(F)c2)n1. The lowest BCUT2D eigenvalue weighted by atomic mass is 10.1. The zero-order valence-electron chi connectivity index (χ0n) is 10.4. The fraction of sp³-hybridized carbons (Fsp3) is 0.231. The summed E-state index contributed by atoms with van der Waals surface area (Å²) >= 11 is 0. The largest absolute Gasteiger partial charge is 0.384 e. The molecule has 0 radical (unpaired) electrons. The summed E-state index contributed by atoms with van der Waals surface area (Å²) in [7, 11) is 0. The number of nitrogens with two attached hydrogens (primary N) is 1. The van der Waals surface area contributed by atoms with E-state index in [4.69, 9.17) is 5.73 Å². The minimum atomic E-state index is -1.50. The summed E-state index contributed by atoms with van der Waals surface area (Å²) in [4.78, 5) is 8.19. The molecule has 0 amide bonds. The van der Waals surface area contributed by atoms with Gasteiger partial charge in [-0.15, -0.1) is 0 Å². The number of halogens is 3. The number of aromatic nitrogens is 2. The van der Waals surface area contributed by atoms with Crippen LogP contribution >= 0.6 is 0 Å². The highest BCUT2D eigenvalue weighted by atomic mass is 19.2. The fourth-order valence-electron chi connectivity index (χ4n) is 1.59. The van der Waals surface area contributed by atoms with Gasteiger partial charge in [-0.2, -0.15) is 0 Å². The number of hydrogen-bond acceptors (Lipinski definition) is 3. The van der Waals surface area contributed by atoms with E-state index in [1.165, 1.54) is 6.07 Å². The summed E-state index contributed by atoms with van der Waals surface area (Å²) in [5, 5.41) is 0. The van der Waals surface area contributed by atoms with Gasteiger partial charge in [0.25, 0.3) is 0 Å². The minimum absolute atomic E-state index is 0.0115. The van der Waals surface area contributed by atoms with Crippen LogP contribution in [0.2, 0.25) is 0 Å². The molecule has 0 atom stereocenters. The maximum atomic E-state index is 13.2. The van der Waals surface area contributed by atoms with E-state index in [2.05, 4.69) is 9.97 Å². The monoisotopic (exact) mass is 267 g/mol. The first-order chi connectivity index (χ1) is 8.88. The third-order valence-corrected chi connectivity index (χ3v) is 2.56. The van der Waals surface area contributed by atoms with Crippen molar-refractivity contribution in [1.29, 1.82) is 0 Å². The van der Waals surface area contributed by atoms with Crippen molar-refractivity contribution in [3.8, 4) is 11.3 Å². The molecule has 0 unspecified atom stereocenters. The zero-order valence-corrected chi connectivity index (χ0v) is 10.4. The van der Waals surface area contributed by atoms with Gasteiger partial charge < -0.3 is 5.73 Å². The van der Waals surface area contributed by atoms with E-state index in [1.54, 1.807) is 0 Å². The lowest BCUT2D eigenvalue weighted by Gasteiger charge is -2.08. The molecule has 1 aromatic heterocycles. The van der Waals surface area contributed by atoms with Crippen LogP contribution in [0, 0.1) is 17.5 Å². The van der Waals surface area contributed by atoms with Crippen molar-refractivity contribution in [2.45, 2.75) is 19.8 Å². The molecule has 0 saturated carbocycles. The van der Waals surface area contributed by atoms with E-state index >= 15 is 0 Å². The molecule has 0 spiro atoms. The van der Waals surface area contributed by atoms with E-state index in [0.717, 1.165) is 12.1 Å². The molecule has 0 saturated heterocycles. The second-order valence-electron chi connectivity index (χ2n) is 4.44. The molecule has 0 fully saturated rings. The highest BCUT2D eigenvalue weighted by Gasteiger charge is 2.14. The van der Waals surface area contributed by atoms with Gasteiger partial charge in [0.05, 0.1) is 5.69 Å². The van der Waals surface area contributed by atoms with Gasteiger partial charge in [0, 0.05) is 17.5 Å². The van der Waals surface area contributed by atoms with Crippen molar-refractivity contribution in [2.24, 2.45) is 0 Å². The summed E-state index contributed by atoms with van der Waals surface area (Å²) in [6.45, 7) is 3.73. The van der Waals surface area contributed by atoms with Crippen LogP contribution in [0.3, 0.4) is 0 Å². The molecule has 2 N–H and O–H groups in total. The standard InChI is InChI=1S/C13H12F3N3/c1-6(2)13-18-10(5-11(17)19-13)7-3-8(14)12(16)9(15)4-7/h3-6H,1-2H3,(H2,17,18,19). The average molecular weight is 267 g/mol. The molecule has 0 bridgehead atoms. The molecule has 100 valence electrons. The van der Waals surface area contributed by atoms with Gasteiger partial charge in [-0.3, -0.25) is 0 Å². The molecule has 3 nitrogen and oxygen atoms in total. The van der Waals surface area contributed by atoms with Gasteiger partial charge in [-0.25, -0.2) is 23.1 Å². The van der Waals surface area contributed by atoms with Crippen LogP contribution in [0.1, 0.15) is 25.6 Å². The summed E-state index contributed by atoms with van der Waals surface area (Å²) in [6.07, 6.45) is 0. The normalized spacial score (nSPS) is 11.1. The van der Waals surface area contributed by atoms with Gasteiger partial charge in [-0.1, -0.05) is 13.8 Å². The summed E-state index contributed by atoms with van der Waals surface area (Å²) in [5.41, 5.74) is 6.00. The first-order valence-corrected chi connectivity index (χ1v) is 5.68. The van der Waals surface area contributed by atoms with Gasteiger partial charge in [0.15, 0.2) is 17.5 Å². The average Bonchev–Trinajstić information content (AvgIpc) is 2.34.